The molecule has 1 heterocycles. The predicted octanol–water partition coefficient (Wildman–Crippen LogP) is 3.17. The van der Waals surface area contributed by atoms with E-state index in [9.17, 15) is 5.11 Å². The van der Waals surface area contributed by atoms with E-state index in [1.807, 2.05) is 0 Å². The molecule has 0 aliphatic carbocycles. The summed E-state index contributed by atoms with van der Waals surface area (Å²) in [4.78, 5) is 0. The summed E-state index contributed by atoms with van der Waals surface area (Å²) < 4.78 is 5.44. The van der Waals surface area contributed by atoms with Gasteiger partial charge in [0.1, 0.15) is 0 Å². The van der Waals surface area contributed by atoms with Crippen LogP contribution in [-0.4, -0.2) is 24.9 Å². The van der Waals surface area contributed by atoms with Gasteiger partial charge in [-0.25, -0.2) is 0 Å². The van der Waals surface area contributed by atoms with Crippen LogP contribution in [-0.2, 0) is 11.2 Å². The lowest BCUT2D eigenvalue weighted by atomic mass is 9.75. The van der Waals surface area contributed by atoms with E-state index in [4.69, 9.17) is 4.74 Å². The molecule has 100 valence electrons. The highest BCUT2D eigenvalue weighted by atomic mass is 16.5. The van der Waals surface area contributed by atoms with Crippen molar-refractivity contribution in [1.29, 1.82) is 0 Å². The summed E-state index contributed by atoms with van der Waals surface area (Å²) in [7, 11) is 0. The summed E-state index contributed by atoms with van der Waals surface area (Å²) in [6.45, 7) is 1.79. The van der Waals surface area contributed by atoms with Crippen LogP contribution in [0.5, 0.6) is 0 Å². The highest BCUT2D eigenvalue weighted by molar-refractivity contribution is 5.85. The Kier molecular flexibility index (Phi) is 3.54. The Balaban J connectivity index is 1.96. The minimum atomic E-state index is 0.00236. The molecule has 19 heavy (non-hydrogen) atoms. The molecule has 0 saturated carbocycles. The number of ether oxygens (including phenoxy) is 1. The summed E-state index contributed by atoms with van der Waals surface area (Å²) in [6, 6.07) is 14.9. The number of rotatable bonds is 3. The molecule has 1 N–H and O–H groups in total. The molecule has 1 aliphatic heterocycles. The van der Waals surface area contributed by atoms with Crippen LogP contribution in [0.4, 0.5) is 0 Å². The number of aliphatic hydroxyl groups is 1. The molecule has 1 aliphatic rings. The second kappa shape index (κ2) is 5.32. The van der Waals surface area contributed by atoms with Crippen molar-refractivity contribution in [2.45, 2.75) is 19.3 Å². The SMILES string of the molecule is OCC1(Cc2cccc3ccccc23)CCOCC1. The highest BCUT2D eigenvalue weighted by Crippen LogP contribution is 2.35. The maximum atomic E-state index is 9.82. The number of benzene rings is 2. The summed E-state index contributed by atoms with van der Waals surface area (Å²) >= 11 is 0. The summed E-state index contributed by atoms with van der Waals surface area (Å²) in [5, 5.41) is 12.4. The third-order valence-corrected chi connectivity index (χ3v) is 4.33. The lowest BCUT2D eigenvalue weighted by molar-refractivity contribution is -0.0156. The van der Waals surface area contributed by atoms with Crippen molar-refractivity contribution in [3.63, 3.8) is 0 Å². The van der Waals surface area contributed by atoms with Gasteiger partial charge in [0.2, 0.25) is 0 Å². The van der Waals surface area contributed by atoms with Crippen molar-refractivity contribution in [3.05, 3.63) is 48.0 Å². The monoisotopic (exact) mass is 256 g/mol. The van der Waals surface area contributed by atoms with Gasteiger partial charge in [0.25, 0.3) is 0 Å². The standard InChI is InChI=1S/C17H20O2/c18-13-17(8-10-19-11-9-17)12-15-6-3-5-14-4-1-2-7-16(14)15/h1-7,18H,8-13H2. The minimum absolute atomic E-state index is 0.00236. The Morgan fingerprint density at radius 3 is 2.53 bits per heavy atom. The van der Waals surface area contributed by atoms with Crippen LogP contribution in [0.15, 0.2) is 42.5 Å². The van der Waals surface area contributed by atoms with Crippen molar-refractivity contribution in [2.24, 2.45) is 5.41 Å². The average Bonchev–Trinajstić information content (AvgIpc) is 2.49. The molecule has 2 nitrogen and oxygen atoms in total. The Hall–Kier alpha value is -1.38. The van der Waals surface area contributed by atoms with Gasteiger partial charge in [-0.2, -0.15) is 0 Å². The summed E-state index contributed by atoms with van der Waals surface area (Å²) in [5.41, 5.74) is 1.34. The lowest BCUT2D eigenvalue weighted by Gasteiger charge is -2.36. The van der Waals surface area contributed by atoms with Gasteiger partial charge in [-0.05, 0) is 35.6 Å². The summed E-state index contributed by atoms with van der Waals surface area (Å²) in [6.07, 6.45) is 2.84. The quantitative estimate of drug-likeness (QED) is 0.914. The van der Waals surface area contributed by atoms with Crippen LogP contribution in [0.25, 0.3) is 10.8 Å². The first-order chi connectivity index (χ1) is 9.33. The van der Waals surface area contributed by atoms with Crippen LogP contribution >= 0.6 is 0 Å². The lowest BCUT2D eigenvalue weighted by Crippen LogP contribution is -2.35. The largest absolute Gasteiger partial charge is 0.396 e. The first-order valence-electron chi connectivity index (χ1n) is 6.98. The number of fused-ring (bicyclic) bond motifs is 1. The Morgan fingerprint density at radius 2 is 1.74 bits per heavy atom. The van der Waals surface area contributed by atoms with E-state index in [-0.39, 0.29) is 12.0 Å². The van der Waals surface area contributed by atoms with E-state index < -0.39 is 0 Å². The first kappa shape index (κ1) is 12.6. The van der Waals surface area contributed by atoms with Crippen molar-refractivity contribution in [3.8, 4) is 0 Å². The second-order valence-corrected chi connectivity index (χ2v) is 5.59. The molecule has 0 unspecified atom stereocenters. The van der Waals surface area contributed by atoms with Gasteiger partial charge in [-0.15, -0.1) is 0 Å². The Bertz CT molecular complexity index is 551. The maximum Gasteiger partial charge on any atom is 0.0492 e. The smallest absolute Gasteiger partial charge is 0.0492 e. The van der Waals surface area contributed by atoms with E-state index >= 15 is 0 Å². The van der Waals surface area contributed by atoms with Crippen molar-refractivity contribution in [1.82, 2.24) is 0 Å². The fourth-order valence-electron chi connectivity index (χ4n) is 3.05. The van der Waals surface area contributed by atoms with Gasteiger partial charge in [0.15, 0.2) is 0 Å². The molecular formula is C17H20O2. The molecule has 0 bridgehead atoms. The zero-order valence-corrected chi connectivity index (χ0v) is 11.1. The molecule has 2 aromatic carbocycles. The maximum absolute atomic E-state index is 9.82. The Morgan fingerprint density at radius 1 is 1.00 bits per heavy atom. The molecular weight excluding hydrogens is 236 g/mol. The Labute approximate surface area is 114 Å². The van der Waals surface area contributed by atoms with Gasteiger partial charge in [0, 0.05) is 25.2 Å². The zero-order chi connectivity index (χ0) is 13.1. The van der Waals surface area contributed by atoms with Crippen molar-refractivity contribution >= 4 is 10.8 Å². The molecule has 0 spiro atoms. The number of hydrogen-bond acceptors (Lipinski definition) is 2. The van der Waals surface area contributed by atoms with Crippen LogP contribution in [0.3, 0.4) is 0 Å². The third-order valence-electron chi connectivity index (χ3n) is 4.33. The zero-order valence-electron chi connectivity index (χ0n) is 11.1. The molecule has 3 rings (SSSR count). The van der Waals surface area contributed by atoms with Gasteiger partial charge in [-0.1, -0.05) is 42.5 Å². The van der Waals surface area contributed by atoms with E-state index in [0.717, 1.165) is 32.5 Å². The van der Waals surface area contributed by atoms with Gasteiger partial charge in [-0.3, -0.25) is 0 Å². The van der Waals surface area contributed by atoms with E-state index in [0.29, 0.717) is 0 Å². The van der Waals surface area contributed by atoms with Crippen LogP contribution in [0.1, 0.15) is 18.4 Å². The molecule has 0 aromatic heterocycles. The van der Waals surface area contributed by atoms with E-state index in [1.165, 1.54) is 16.3 Å². The van der Waals surface area contributed by atoms with E-state index in [2.05, 4.69) is 42.5 Å². The highest BCUT2D eigenvalue weighted by Gasteiger charge is 2.32. The molecule has 1 fully saturated rings. The van der Waals surface area contributed by atoms with Crippen LogP contribution in [0.2, 0.25) is 0 Å². The topological polar surface area (TPSA) is 29.5 Å². The molecule has 0 radical (unpaired) electrons. The fraction of sp³-hybridized carbons (Fsp3) is 0.412. The van der Waals surface area contributed by atoms with Crippen molar-refractivity contribution in [2.75, 3.05) is 19.8 Å². The molecule has 2 aromatic rings. The summed E-state index contributed by atoms with van der Waals surface area (Å²) in [5.74, 6) is 0. The van der Waals surface area contributed by atoms with Gasteiger partial charge < -0.3 is 9.84 Å². The van der Waals surface area contributed by atoms with Gasteiger partial charge in [0.05, 0.1) is 0 Å². The van der Waals surface area contributed by atoms with Crippen LogP contribution < -0.4 is 0 Å². The van der Waals surface area contributed by atoms with Crippen LogP contribution in [0, 0.1) is 5.41 Å². The van der Waals surface area contributed by atoms with Gasteiger partial charge >= 0.3 is 0 Å². The second-order valence-electron chi connectivity index (χ2n) is 5.59. The normalized spacial score (nSPS) is 18.6. The fourth-order valence-corrected chi connectivity index (χ4v) is 3.05. The number of hydrogen-bond donors (Lipinski definition) is 1. The molecule has 1 saturated heterocycles. The van der Waals surface area contributed by atoms with Crippen molar-refractivity contribution < 1.29 is 9.84 Å². The molecule has 0 amide bonds. The minimum Gasteiger partial charge on any atom is -0.396 e. The predicted molar refractivity (Wildman–Crippen MR) is 77.2 cm³/mol. The number of aliphatic hydroxyl groups excluding tert-OH is 1. The third kappa shape index (κ3) is 2.51. The molecule has 0 atom stereocenters. The molecule has 2 heteroatoms. The first-order valence-corrected chi connectivity index (χ1v) is 6.98. The average molecular weight is 256 g/mol. The van der Waals surface area contributed by atoms with E-state index in [1.54, 1.807) is 0 Å².